The zero-order chi connectivity index (χ0) is 11.7. The fourth-order valence-electron chi connectivity index (χ4n) is 1.69. The quantitative estimate of drug-likeness (QED) is 0.856. The highest BCUT2D eigenvalue weighted by Crippen LogP contribution is 2.32. The van der Waals surface area contributed by atoms with Crippen molar-refractivity contribution in [2.24, 2.45) is 0 Å². The molecule has 1 aromatic carbocycles. The molecule has 1 aromatic heterocycles. The van der Waals surface area contributed by atoms with E-state index in [2.05, 4.69) is 0 Å². The van der Waals surface area contributed by atoms with E-state index in [1.807, 2.05) is 38.1 Å². The van der Waals surface area contributed by atoms with Crippen LogP contribution in [0.15, 0.2) is 29.6 Å². The number of thiophene rings is 1. The molecule has 0 bridgehead atoms. The van der Waals surface area contributed by atoms with E-state index >= 15 is 0 Å². The Hall–Kier alpha value is -1.61. The van der Waals surface area contributed by atoms with Crippen LogP contribution in [0, 0.1) is 13.8 Å². The highest BCUT2D eigenvalue weighted by molar-refractivity contribution is 7.10. The standard InChI is InChI=1S/C13H12O2S/c1-8-3-5-10(6-4-8)12-9(2)16-7-11(12)13(14)15/h3-7H,1-2H3,(H,14,15). The van der Waals surface area contributed by atoms with Gasteiger partial charge in [-0.1, -0.05) is 29.8 Å². The van der Waals surface area contributed by atoms with Crippen molar-refractivity contribution in [2.75, 3.05) is 0 Å². The maximum absolute atomic E-state index is 11.1. The molecule has 0 atom stereocenters. The van der Waals surface area contributed by atoms with Gasteiger partial charge in [0.15, 0.2) is 0 Å². The van der Waals surface area contributed by atoms with Crippen LogP contribution in [0.1, 0.15) is 20.8 Å². The van der Waals surface area contributed by atoms with Gasteiger partial charge in [0.1, 0.15) is 0 Å². The third-order valence-electron chi connectivity index (χ3n) is 2.55. The second-order valence-electron chi connectivity index (χ2n) is 3.75. The Bertz CT molecular complexity index is 523. The van der Waals surface area contributed by atoms with Crippen molar-refractivity contribution in [2.45, 2.75) is 13.8 Å². The van der Waals surface area contributed by atoms with Gasteiger partial charge in [0.2, 0.25) is 0 Å². The van der Waals surface area contributed by atoms with Crippen molar-refractivity contribution in [1.82, 2.24) is 0 Å². The number of rotatable bonds is 2. The van der Waals surface area contributed by atoms with Gasteiger partial charge < -0.3 is 5.11 Å². The predicted molar refractivity (Wildman–Crippen MR) is 66.2 cm³/mol. The molecule has 0 saturated carbocycles. The molecule has 0 spiro atoms. The Morgan fingerprint density at radius 2 is 1.81 bits per heavy atom. The number of aryl methyl sites for hydroxylation is 2. The highest BCUT2D eigenvalue weighted by Gasteiger charge is 2.15. The van der Waals surface area contributed by atoms with Gasteiger partial charge in [-0.3, -0.25) is 0 Å². The normalized spacial score (nSPS) is 10.4. The summed E-state index contributed by atoms with van der Waals surface area (Å²) in [6.45, 7) is 3.97. The molecule has 2 rings (SSSR count). The molecule has 0 amide bonds. The van der Waals surface area contributed by atoms with Crippen LogP contribution in [0.2, 0.25) is 0 Å². The molecule has 82 valence electrons. The van der Waals surface area contributed by atoms with Crippen LogP contribution in [0.25, 0.3) is 11.1 Å². The molecule has 0 aliphatic carbocycles. The molecule has 2 nitrogen and oxygen atoms in total. The number of hydrogen-bond donors (Lipinski definition) is 1. The molecular formula is C13H12O2S. The van der Waals surface area contributed by atoms with Gasteiger partial charge in [-0.15, -0.1) is 11.3 Å². The largest absolute Gasteiger partial charge is 0.478 e. The van der Waals surface area contributed by atoms with Crippen LogP contribution in [0.5, 0.6) is 0 Å². The van der Waals surface area contributed by atoms with Crippen molar-refractivity contribution in [3.05, 3.63) is 45.6 Å². The van der Waals surface area contributed by atoms with E-state index in [9.17, 15) is 4.79 Å². The fourth-order valence-corrected chi connectivity index (χ4v) is 2.55. The summed E-state index contributed by atoms with van der Waals surface area (Å²) in [5, 5.41) is 10.8. The fraction of sp³-hybridized carbons (Fsp3) is 0.154. The van der Waals surface area contributed by atoms with Crippen LogP contribution in [0.4, 0.5) is 0 Å². The van der Waals surface area contributed by atoms with Crippen LogP contribution >= 0.6 is 11.3 Å². The van der Waals surface area contributed by atoms with Crippen molar-refractivity contribution in [3.63, 3.8) is 0 Å². The summed E-state index contributed by atoms with van der Waals surface area (Å²) in [6, 6.07) is 7.93. The minimum atomic E-state index is -0.861. The summed E-state index contributed by atoms with van der Waals surface area (Å²) < 4.78 is 0. The molecule has 2 aromatic rings. The van der Waals surface area contributed by atoms with Gasteiger partial charge in [-0.05, 0) is 19.4 Å². The van der Waals surface area contributed by atoms with Crippen LogP contribution < -0.4 is 0 Å². The average molecular weight is 232 g/mol. The molecule has 3 heteroatoms. The maximum Gasteiger partial charge on any atom is 0.337 e. The van der Waals surface area contributed by atoms with Gasteiger partial charge in [-0.25, -0.2) is 4.79 Å². The summed E-state index contributed by atoms with van der Waals surface area (Å²) in [4.78, 5) is 12.1. The summed E-state index contributed by atoms with van der Waals surface area (Å²) in [7, 11) is 0. The van der Waals surface area contributed by atoms with E-state index in [-0.39, 0.29) is 0 Å². The van der Waals surface area contributed by atoms with Gasteiger partial charge in [0.25, 0.3) is 0 Å². The average Bonchev–Trinajstić information content (AvgIpc) is 2.62. The Kier molecular flexibility index (Phi) is 2.79. The molecule has 0 aliphatic rings. The van der Waals surface area contributed by atoms with Crippen LogP contribution in [-0.4, -0.2) is 11.1 Å². The molecule has 0 unspecified atom stereocenters. The first-order valence-corrected chi connectivity index (χ1v) is 5.86. The maximum atomic E-state index is 11.1. The Morgan fingerprint density at radius 1 is 1.19 bits per heavy atom. The van der Waals surface area contributed by atoms with Crippen molar-refractivity contribution in [3.8, 4) is 11.1 Å². The van der Waals surface area contributed by atoms with Gasteiger partial charge in [-0.2, -0.15) is 0 Å². The van der Waals surface area contributed by atoms with E-state index in [0.29, 0.717) is 5.56 Å². The topological polar surface area (TPSA) is 37.3 Å². The summed E-state index contributed by atoms with van der Waals surface area (Å²) >= 11 is 1.48. The van der Waals surface area contributed by atoms with Gasteiger partial charge in [0, 0.05) is 15.8 Å². The van der Waals surface area contributed by atoms with Crippen molar-refractivity contribution in [1.29, 1.82) is 0 Å². The minimum Gasteiger partial charge on any atom is -0.478 e. The van der Waals surface area contributed by atoms with E-state index < -0.39 is 5.97 Å². The van der Waals surface area contributed by atoms with E-state index in [1.54, 1.807) is 5.38 Å². The third kappa shape index (κ3) is 1.86. The predicted octanol–water partition coefficient (Wildman–Crippen LogP) is 3.73. The van der Waals surface area contributed by atoms with E-state index in [4.69, 9.17) is 5.11 Å². The zero-order valence-electron chi connectivity index (χ0n) is 9.15. The number of carboxylic acids is 1. The molecule has 0 fully saturated rings. The first kappa shape index (κ1) is 10.9. The molecular weight excluding hydrogens is 220 g/mol. The smallest absolute Gasteiger partial charge is 0.337 e. The van der Waals surface area contributed by atoms with Crippen molar-refractivity contribution < 1.29 is 9.90 Å². The molecule has 0 saturated heterocycles. The monoisotopic (exact) mass is 232 g/mol. The van der Waals surface area contributed by atoms with E-state index in [1.165, 1.54) is 16.9 Å². The highest BCUT2D eigenvalue weighted by atomic mass is 32.1. The Balaban J connectivity index is 2.58. The minimum absolute atomic E-state index is 0.395. The first-order valence-electron chi connectivity index (χ1n) is 4.98. The third-order valence-corrected chi connectivity index (χ3v) is 3.46. The first-order chi connectivity index (χ1) is 7.59. The van der Waals surface area contributed by atoms with Crippen molar-refractivity contribution >= 4 is 17.3 Å². The molecule has 0 radical (unpaired) electrons. The molecule has 0 aliphatic heterocycles. The number of carbonyl (C=O) groups is 1. The second-order valence-corrected chi connectivity index (χ2v) is 4.84. The summed E-state index contributed by atoms with van der Waals surface area (Å²) in [5.74, 6) is -0.861. The van der Waals surface area contributed by atoms with Gasteiger partial charge >= 0.3 is 5.97 Å². The number of hydrogen-bond acceptors (Lipinski definition) is 2. The Labute approximate surface area is 98.2 Å². The summed E-state index contributed by atoms with van der Waals surface area (Å²) in [5.41, 5.74) is 3.39. The molecule has 16 heavy (non-hydrogen) atoms. The lowest BCUT2D eigenvalue weighted by Gasteiger charge is -2.03. The molecule has 1 N–H and O–H groups in total. The van der Waals surface area contributed by atoms with E-state index in [0.717, 1.165) is 16.0 Å². The lowest BCUT2D eigenvalue weighted by atomic mass is 10.0. The molecule has 1 heterocycles. The second kappa shape index (κ2) is 4.10. The number of aromatic carboxylic acids is 1. The zero-order valence-corrected chi connectivity index (χ0v) is 9.97. The lowest BCUT2D eigenvalue weighted by Crippen LogP contribution is -1.96. The van der Waals surface area contributed by atoms with Crippen LogP contribution in [0.3, 0.4) is 0 Å². The summed E-state index contributed by atoms with van der Waals surface area (Å²) in [6.07, 6.45) is 0. The number of carboxylic acid groups (broad SMARTS) is 1. The lowest BCUT2D eigenvalue weighted by molar-refractivity contribution is 0.0698. The SMILES string of the molecule is Cc1ccc(-c2c(C(=O)O)csc2C)cc1. The van der Waals surface area contributed by atoms with Gasteiger partial charge in [0.05, 0.1) is 5.56 Å². The van der Waals surface area contributed by atoms with Crippen LogP contribution in [-0.2, 0) is 0 Å². The Morgan fingerprint density at radius 3 is 2.38 bits per heavy atom. The number of benzene rings is 1.